The van der Waals surface area contributed by atoms with E-state index in [0.717, 1.165) is 0 Å². The largest absolute Gasteiger partial charge is 0.481 e. The van der Waals surface area contributed by atoms with E-state index in [-0.39, 0.29) is 53.5 Å². The second-order valence-electron chi connectivity index (χ2n) is 7.32. The summed E-state index contributed by atoms with van der Waals surface area (Å²) >= 11 is 0. The molecule has 0 aliphatic carbocycles. The molecule has 1 unspecified atom stereocenters. The highest BCUT2D eigenvalue weighted by Crippen LogP contribution is 2.61. The van der Waals surface area contributed by atoms with Crippen LogP contribution in [-0.2, 0) is 18.3 Å². The van der Waals surface area contributed by atoms with Crippen molar-refractivity contribution in [2.24, 2.45) is 0 Å². The van der Waals surface area contributed by atoms with Crippen LogP contribution < -0.4 is 14.2 Å². The van der Waals surface area contributed by atoms with Gasteiger partial charge in [0.15, 0.2) is 0 Å². The third kappa shape index (κ3) is 6.82. The number of nitro groups is 1. The van der Waals surface area contributed by atoms with Crippen molar-refractivity contribution in [2.75, 3.05) is 27.4 Å². The second kappa shape index (κ2) is 13.0. The van der Waals surface area contributed by atoms with Crippen LogP contribution in [0.3, 0.4) is 0 Å². The lowest BCUT2D eigenvalue weighted by atomic mass is 10.2. The third-order valence-corrected chi connectivity index (χ3v) is 7.11. The molecule has 0 fully saturated rings. The first-order valence-corrected chi connectivity index (χ1v) is 12.9. The summed E-state index contributed by atoms with van der Waals surface area (Å²) in [4.78, 5) is 32.1. The van der Waals surface area contributed by atoms with E-state index in [9.17, 15) is 19.5 Å². The average molecular weight is 547 g/mol. The molecule has 0 aliphatic rings. The molecule has 0 saturated heterocycles. The number of hydrogen-bond acceptors (Lipinski definition) is 12. The van der Waals surface area contributed by atoms with Gasteiger partial charge < -0.3 is 28.0 Å². The SMILES string of the molecule is CCOP(=O)(OCC)C(OC(=O)c1ccccc1Oc1nc(OC)cc(OC)n1)c1ccc([N+](=O)[O-])cc1. The van der Waals surface area contributed by atoms with Crippen LogP contribution >= 0.6 is 7.60 Å². The Morgan fingerprint density at radius 2 is 1.55 bits per heavy atom. The standard InChI is InChI=1S/C24H26N3O10P/c1-5-34-38(31,35-6-2)23(16-11-13-17(14-12-16)27(29)30)37-22(28)18-9-7-8-10-19(18)36-24-25-20(32-3)15-21(26-24)33-4/h7-15,23H,5-6H2,1-4H3. The smallest absolute Gasteiger partial charge is 0.375 e. The predicted molar refractivity (Wildman–Crippen MR) is 134 cm³/mol. The monoisotopic (exact) mass is 547 g/mol. The Kier molecular flexibility index (Phi) is 9.72. The number of hydrogen-bond donors (Lipinski definition) is 0. The van der Waals surface area contributed by atoms with Gasteiger partial charge in [-0.25, -0.2) is 4.79 Å². The fraction of sp³-hybridized carbons (Fsp3) is 0.292. The molecular formula is C24H26N3O10P. The Morgan fingerprint density at radius 1 is 0.974 bits per heavy atom. The highest BCUT2D eigenvalue weighted by molar-refractivity contribution is 7.54. The summed E-state index contributed by atoms with van der Waals surface area (Å²) < 4.78 is 46.2. The maximum absolute atomic E-state index is 13.7. The van der Waals surface area contributed by atoms with Crippen LogP contribution in [-0.4, -0.2) is 48.3 Å². The number of aromatic nitrogens is 2. The number of nitrogens with zero attached hydrogens (tertiary/aromatic N) is 3. The van der Waals surface area contributed by atoms with Crippen molar-refractivity contribution < 1.29 is 42.3 Å². The summed E-state index contributed by atoms with van der Waals surface area (Å²) in [7, 11) is -1.27. The van der Waals surface area contributed by atoms with Crippen molar-refractivity contribution >= 4 is 19.3 Å². The minimum Gasteiger partial charge on any atom is -0.481 e. The van der Waals surface area contributed by atoms with Crippen molar-refractivity contribution in [3.05, 3.63) is 75.8 Å². The van der Waals surface area contributed by atoms with E-state index in [1.165, 1.54) is 56.7 Å². The lowest BCUT2D eigenvalue weighted by Gasteiger charge is -2.26. The molecule has 13 nitrogen and oxygen atoms in total. The first-order chi connectivity index (χ1) is 18.2. The summed E-state index contributed by atoms with van der Waals surface area (Å²) in [5.74, 6) is -2.10. The molecule has 0 aliphatic heterocycles. The number of ether oxygens (including phenoxy) is 4. The van der Waals surface area contributed by atoms with Gasteiger partial charge in [0.1, 0.15) is 11.3 Å². The summed E-state index contributed by atoms with van der Waals surface area (Å²) in [5.41, 5.74) is -0.0771. The predicted octanol–water partition coefficient (Wildman–Crippen LogP) is 5.32. The molecule has 14 heteroatoms. The minimum atomic E-state index is -4.08. The number of non-ortho nitro benzene ring substituents is 1. The molecule has 0 amide bonds. The number of esters is 1. The average Bonchev–Trinajstić information content (AvgIpc) is 2.92. The molecule has 2 aromatic carbocycles. The molecular weight excluding hydrogens is 521 g/mol. The highest BCUT2D eigenvalue weighted by Gasteiger charge is 2.41. The molecule has 0 radical (unpaired) electrons. The van der Waals surface area contributed by atoms with Gasteiger partial charge in [-0.05, 0) is 38.1 Å². The van der Waals surface area contributed by atoms with Gasteiger partial charge >= 0.3 is 19.6 Å². The third-order valence-electron chi connectivity index (χ3n) is 4.90. The van der Waals surface area contributed by atoms with Gasteiger partial charge in [0.05, 0.1) is 38.4 Å². The van der Waals surface area contributed by atoms with E-state index < -0.39 is 24.3 Å². The van der Waals surface area contributed by atoms with Crippen LogP contribution in [0.25, 0.3) is 0 Å². The second-order valence-corrected chi connectivity index (χ2v) is 9.38. The Balaban J connectivity index is 1.99. The van der Waals surface area contributed by atoms with Gasteiger partial charge in [0, 0.05) is 17.7 Å². The molecule has 0 saturated carbocycles. The summed E-state index contributed by atoms with van der Waals surface area (Å²) in [6.07, 6.45) is 0. The fourth-order valence-electron chi connectivity index (χ4n) is 3.23. The number of para-hydroxylation sites is 1. The quantitative estimate of drug-likeness (QED) is 0.118. The van der Waals surface area contributed by atoms with Crippen LogP contribution in [0.1, 0.15) is 35.6 Å². The normalized spacial score (nSPS) is 11.9. The maximum atomic E-state index is 13.7. The zero-order valence-electron chi connectivity index (χ0n) is 21.1. The number of carbonyl (C=O) groups is 1. The number of nitro benzene ring substituents is 1. The Hall–Kier alpha value is -4.06. The van der Waals surface area contributed by atoms with E-state index in [1.807, 2.05) is 0 Å². The Bertz CT molecular complexity index is 1290. The molecule has 3 rings (SSSR count). The Morgan fingerprint density at radius 3 is 2.08 bits per heavy atom. The molecule has 1 atom stereocenters. The number of benzene rings is 2. The van der Waals surface area contributed by atoms with Gasteiger partial charge in [0.2, 0.25) is 17.6 Å². The first-order valence-electron chi connectivity index (χ1n) is 11.3. The molecule has 1 aromatic heterocycles. The number of carbonyl (C=O) groups excluding carboxylic acids is 1. The lowest BCUT2D eigenvalue weighted by Crippen LogP contribution is -2.16. The first kappa shape index (κ1) is 28.5. The van der Waals surface area contributed by atoms with Gasteiger partial charge in [-0.2, -0.15) is 9.97 Å². The van der Waals surface area contributed by atoms with Gasteiger partial charge in [-0.3, -0.25) is 14.7 Å². The lowest BCUT2D eigenvalue weighted by molar-refractivity contribution is -0.384. The van der Waals surface area contributed by atoms with Crippen LogP contribution in [0.2, 0.25) is 0 Å². The zero-order chi connectivity index (χ0) is 27.7. The highest BCUT2D eigenvalue weighted by atomic mass is 31.2. The van der Waals surface area contributed by atoms with Crippen molar-refractivity contribution in [3.8, 4) is 23.5 Å². The van der Waals surface area contributed by atoms with E-state index in [4.69, 9.17) is 28.0 Å². The van der Waals surface area contributed by atoms with Gasteiger partial charge in [-0.15, -0.1) is 0 Å². The molecule has 0 N–H and O–H groups in total. The number of rotatable bonds is 13. The summed E-state index contributed by atoms with van der Waals surface area (Å²) in [5, 5.41) is 11.1. The van der Waals surface area contributed by atoms with Crippen LogP contribution in [0.4, 0.5) is 5.69 Å². The van der Waals surface area contributed by atoms with Crippen LogP contribution in [0.5, 0.6) is 23.5 Å². The van der Waals surface area contributed by atoms with Crippen LogP contribution in [0, 0.1) is 10.1 Å². The van der Waals surface area contributed by atoms with Gasteiger partial charge in [-0.1, -0.05) is 12.1 Å². The molecule has 1 heterocycles. The van der Waals surface area contributed by atoms with Crippen molar-refractivity contribution in [2.45, 2.75) is 19.7 Å². The van der Waals surface area contributed by atoms with Gasteiger partial charge in [0.25, 0.3) is 5.69 Å². The van der Waals surface area contributed by atoms with Crippen molar-refractivity contribution in [1.29, 1.82) is 0 Å². The molecule has 0 bridgehead atoms. The Labute approximate surface area is 218 Å². The fourth-order valence-corrected chi connectivity index (χ4v) is 5.06. The van der Waals surface area contributed by atoms with Crippen molar-refractivity contribution in [1.82, 2.24) is 9.97 Å². The molecule has 38 heavy (non-hydrogen) atoms. The van der Waals surface area contributed by atoms with Crippen molar-refractivity contribution in [3.63, 3.8) is 0 Å². The molecule has 0 spiro atoms. The minimum absolute atomic E-state index is 0.00693. The summed E-state index contributed by atoms with van der Waals surface area (Å²) in [6, 6.07) is 12.4. The van der Waals surface area contributed by atoms with E-state index in [0.29, 0.717) is 0 Å². The van der Waals surface area contributed by atoms with E-state index >= 15 is 0 Å². The van der Waals surface area contributed by atoms with Crippen LogP contribution in [0.15, 0.2) is 54.6 Å². The maximum Gasteiger partial charge on any atom is 0.375 e. The molecule has 3 aromatic rings. The van der Waals surface area contributed by atoms with E-state index in [2.05, 4.69) is 9.97 Å². The summed E-state index contributed by atoms with van der Waals surface area (Å²) in [6.45, 7) is 3.19. The van der Waals surface area contributed by atoms with E-state index in [1.54, 1.807) is 26.0 Å². The topological polar surface area (TPSA) is 158 Å². The zero-order valence-corrected chi connectivity index (χ0v) is 22.0. The molecule has 202 valence electrons. The number of methoxy groups -OCH3 is 2.